The summed E-state index contributed by atoms with van der Waals surface area (Å²) in [7, 11) is -1.43. The Labute approximate surface area is 150 Å². The van der Waals surface area contributed by atoms with E-state index in [0.717, 1.165) is 11.0 Å². The number of aromatic amines is 1. The molecule has 2 heterocycles. The number of pyridine rings is 1. The smallest absolute Gasteiger partial charge is 0.389 e. The van der Waals surface area contributed by atoms with Crippen LogP contribution in [0.3, 0.4) is 0 Å². The molecule has 0 fully saturated rings. The van der Waals surface area contributed by atoms with E-state index >= 15 is 0 Å². The number of H-pyrrole nitrogens is 1. The summed E-state index contributed by atoms with van der Waals surface area (Å²) in [5, 5.41) is 0.351. The quantitative estimate of drug-likeness (QED) is 0.627. The third kappa shape index (κ3) is 5.04. The number of aromatic nitrogens is 3. The highest BCUT2D eigenvalue weighted by atomic mass is 32.2. The maximum Gasteiger partial charge on any atom is 0.389 e. The fourth-order valence-electron chi connectivity index (χ4n) is 2.33. The van der Waals surface area contributed by atoms with Gasteiger partial charge in [-0.25, -0.2) is 4.98 Å². The van der Waals surface area contributed by atoms with Gasteiger partial charge in [-0.2, -0.15) is 13.2 Å². The SMILES string of the molecule is O=S(Cc1cc(OCCCC(F)(F)F)ccn1)c1nc2ccccc2[nH]1. The molecule has 0 saturated carbocycles. The molecule has 3 aromatic rings. The van der Waals surface area contributed by atoms with Gasteiger partial charge >= 0.3 is 6.18 Å². The first kappa shape index (κ1) is 18.4. The molecule has 0 aliphatic carbocycles. The Kier molecular flexibility index (Phi) is 5.55. The van der Waals surface area contributed by atoms with Gasteiger partial charge in [0.25, 0.3) is 0 Å². The molecule has 1 N–H and O–H groups in total. The van der Waals surface area contributed by atoms with Gasteiger partial charge in [0, 0.05) is 18.7 Å². The number of halogens is 3. The molecule has 5 nitrogen and oxygen atoms in total. The molecule has 0 spiro atoms. The minimum absolute atomic E-state index is 0.0460. The molecular weight excluding hydrogens is 367 g/mol. The van der Waals surface area contributed by atoms with E-state index in [4.69, 9.17) is 4.74 Å². The molecule has 2 aromatic heterocycles. The molecule has 138 valence electrons. The molecule has 3 rings (SSSR count). The van der Waals surface area contributed by atoms with E-state index in [1.807, 2.05) is 24.3 Å². The van der Waals surface area contributed by atoms with E-state index in [-0.39, 0.29) is 18.8 Å². The molecule has 1 aromatic carbocycles. The van der Waals surface area contributed by atoms with Crippen LogP contribution in [0.15, 0.2) is 47.8 Å². The highest BCUT2D eigenvalue weighted by Crippen LogP contribution is 2.22. The summed E-state index contributed by atoms with van der Waals surface area (Å²) in [4.78, 5) is 11.4. The molecule has 0 saturated heterocycles. The van der Waals surface area contributed by atoms with Crippen LogP contribution in [0.2, 0.25) is 0 Å². The minimum atomic E-state index is -4.18. The summed E-state index contributed by atoms with van der Waals surface area (Å²) in [5.41, 5.74) is 2.04. The first-order valence-electron chi connectivity index (χ1n) is 7.88. The van der Waals surface area contributed by atoms with Crippen molar-refractivity contribution < 1.29 is 22.1 Å². The van der Waals surface area contributed by atoms with Crippen LogP contribution in [-0.4, -0.2) is 31.9 Å². The number of benzene rings is 1. The van der Waals surface area contributed by atoms with Crippen molar-refractivity contribution in [2.45, 2.75) is 29.9 Å². The number of para-hydroxylation sites is 2. The van der Waals surface area contributed by atoms with Gasteiger partial charge in [-0.1, -0.05) is 12.1 Å². The van der Waals surface area contributed by atoms with Crippen LogP contribution in [0.5, 0.6) is 5.75 Å². The molecule has 1 unspecified atom stereocenters. The summed E-state index contributed by atoms with van der Waals surface area (Å²) in [6, 6.07) is 10.5. The van der Waals surface area contributed by atoms with Crippen LogP contribution in [0.25, 0.3) is 11.0 Å². The Morgan fingerprint density at radius 3 is 2.77 bits per heavy atom. The number of hydrogen-bond acceptors (Lipinski definition) is 4. The molecule has 26 heavy (non-hydrogen) atoms. The lowest BCUT2D eigenvalue weighted by Gasteiger charge is -2.09. The molecule has 0 aliphatic rings. The van der Waals surface area contributed by atoms with Gasteiger partial charge in [-0.3, -0.25) is 9.19 Å². The predicted octanol–water partition coefficient (Wildman–Crippen LogP) is 3.99. The standard InChI is InChI=1S/C17H16F3N3O2S/c18-17(19,20)7-3-9-25-13-6-8-21-12(10-13)11-26(24)16-22-14-4-1-2-5-15(14)23-16/h1-2,4-6,8,10H,3,7,9,11H2,(H,22,23). The average molecular weight is 383 g/mol. The van der Waals surface area contributed by atoms with Gasteiger partial charge in [0.05, 0.1) is 39.9 Å². The van der Waals surface area contributed by atoms with Crippen molar-refractivity contribution in [3.05, 3.63) is 48.3 Å². The zero-order valence-electron chi connectivity index (χ0n) is 13.6. The number of nitrogens with zero attached hydrogens (tertiary/aromatic N) is 2. The van der Waals surface area contributed by atoms with Crippen molar-refractivity contribution in [3.8, 4) is 5.75 Å². The number of alkyl halides is 3. The summed E-state index contributed by atoms with van der Waals surface area (Å²) in [6.07, 6.45) is -3.71. The van der Waals surface area contributed by atoms with E-state index in [1.165, 1.54) is 6.20 Å². The molecule has 0 amide bonds. The number of ether oxygens (including phenoxy) is 1. The van der Waals surface area contributed by atoms with Gasteiger partial charge in [0.2, 0.25) is 0 Å². The Balaban J connectivity index is 1.60. The van der Waals surface area contributed by atoms with Crippen LogP contribution in [-0.2, 0) is 16.6 Å². The van der Waals surface area contributed by atoms with Gasteiger partial charge in [0.1, 0.15) is 5.75 Å². The minimum Gasteiger partial charge on any atom is -0.493 e. The van der Waals surface area contributed by atoms with Crippen LogP contribution in [0.1, 0.15) is 18.5 Å². The Hall–Kier alpha value is -2.42. The van der Waals surface area contributed by atoms with Gasteiger partial charge < -0.3 is 9.72 Å². The van der Waals surface area contributed by atoms with Gasteiger partial charge in [-0.15, -0.1) is 0 Å². The van der Waals surface area contributed by atoms with Crippen molar-refractivity contribution in [2.75, 3.05) is 6.61 Å². The number of hydrogen-bond donors (Lipinski definition) is 1. The second-order valence-electron chi connectivity index (χ2n) is 5.60. The third-order valence-electron chi connectivity index (χ3n) is 3.52. The maximum atomic E-state index is 12.5. The Morgan fingerprint density at radius 2 is 2.00 bits per heavy atom. The second-order valence-corrected chi connectivity index (χ2v) is 6.97. The zero-order valence-corrected chi connectivity index (χ0v) is 14.4. The molecule has 1 atom stereocenters. The first-order valence-corrected chi connectivity index (χ1v) is 9.20. The zero-order chi connectivity index (χ0) is 18.6. The Bertz CT molecular complexity index is 878. The summed E-state index contributed by atoms with van der Waals surface area (Å²) < 4.78 is 54.1. The fraction of sp³-hybridized carbons (Fsp3) is 0.294. The van der Waals surface area contributed by atoms with Crippen LogP contribution in [0, 0.1) is 0 Å². The van der Waals surface area contributed by atoms with E-state index in [9.17, 15) is 17.4 Å². The van der Waals surface area contributed by atoms with Crippen molar-refractivity contribution in [1.82, 2.24) is 15.0 Å². The van der Waals surface area contributed by atoms with Gasteiger partial charge in [-0.05, 0) is 24.6 Å². The lowest BCUT2D eigenvalue weighted by Crippen LogP contribution is -2.10. The number of imidazole rings is 1. The van der Waals surface area contributed by atoms with Crippen LogP contribution in [0.4, 0.5) is 13.2 Å². The highest BCUT2D eigenvalue weighted by Gasteiger charge is 2.26. The highest BCUT2D eigenvalue weighted by molar-refractivity contribution is 7.84. The molecule has 0 bridgehead atoms. The lowest BCUT2D eigenvalue weighted by molar-refractivity contribution is -0.136. The normalized spacial score (nSPS) is 13.0. The second kappa shape index (κ2) is 7.86. The monoisotopic (exact) mass is 383 g/mol. The number of nitrogens with one attached hydrogen (secondary N) is 1. The van der Waals surface area contributed by atoms with Crippen LogP contribution < -0.4 is 4.74 Å². The number of fused-ring (bicyclic) bond motifs is 1. The van der Waals surface area contributed by atoms with E-state index in [0.29, 0.717) is 16.6 Å². The molecular formula is C17H16F3N3O2S. The summed E-state index contributed by atoms with van der Waals surface area (Å²) in [6.45, 7) is -0.0460. The Morgan fingerprint density at radius 1 is 1.19 bits per heavy atom. The van der Waals surface area contributed by atoms with E-state index in [2.05, 4.69) is 15.0 Å². The molecule has 0 aliphatic heterocycles. The lowest BCUT2D eigenvalue weighted by atomic mass is 10.3. The molecule has 9 heteroatoms. The van der Waals surface area contributed by atoms with Crippen molar-refractivity contribution >= 4 is 21.8 Å². The molecule has 0 radical (unpaired) electrons. The van der Waals surface area contributed by atoms with Crippen molar-refractivity contribution in [3.63, 3.8) is 0 Å². The largest absolute Gasteiger partial charge is 0.493 e. The van der Waals surface area contributed by atoms with Gasteiger partial charge in [0.15, 0.2) is 5.16 Å². The predicted molar refractivity (Wildman–Crippen MR) is 91.2 cm³/mol. The first-order chi connectivity index (χ1) is 12.4. The maximum absolute atomic E-state index is 12.5. The van der Waals surface area contributed by atoms with E-state index in [1.54, 1.807) is 12.1 Å². The summed E-state index contributed by atoms with van der Waals surface area (Å²) in [5.74, 6) is 0.526. The number of rotatable bonds is 7. The third-order valence-corrected chi connectivity index (χ3v) is 4.71. The van der Waals surface area contributed by atoms with Crippen LogP contribution >= 0.6 is 0 Å². The summed E-state index contributed by atoms with van der Waals surface area (Å²) >= 11 is 0. The van der Waals surface area contributed by atoms with E-state index < -0.39 is 23.4 Å². The topological polar surface area (TPSA) is 67.9 Å². The average Bonchev–Trinajstić information content (AvgIpc) is 3.03. The van der Waals surface area contributed by atoms with Crippen molar-refractivity contribution in [2.24, 2.45) is 0 Å². The fourth-order valence-corrected chi connectivity index (χ4v) is 3.31. The van der Waals surface area contributed by atoms with Crippen molar-refractivity contribution in [1.29, 1.82) is 0 Å².